The second-order valence-corrected chi connectivity index (χ2v) is 9.26. The van der Waals surface area contributed by atoms with Crippen LogP contribution in [0.5, 0.6) is 0 Å². The summed E-state index contributed by atoms with van der Waals surface area (Å²) in [5.74, 6) is -1.05. The zero-order valence-electron chi connectivity index (χ0n) is 11.7. The zero-order chi connectivity index (χ0) is 15.7. The molecule has 1 aromatic rings. The average molecular weight is 340 g/mol. The quantitative estimate of drug-likeness (QED) is 0.864. The molecule has 1 heterocycles. The molecule has 0 fully saturated rings. The fraction of sp³-hybridized carbons (Fsp3) is 0.583. The summed E-state index contributed by atoms with van der Waals surface area (Å²) in [5, 5.41) is 8.91. The number of thiophene rings is 1. The van der Waals surface area contributed by atoms with Crippen LogP contribution in [-0.2, 0) is 14.8 Å². The van der Waals surface area contributed by atoms with Gasteiger partial charge in [-0.2, -0.15) is 0 Å². The summed E-state index contributed by atoms with van der Waals surface area (Å²) < 4.78 is 27.5. The number of hydrogen-bond donors (Lipinski definition) is 2. The van der Waals surface area contributed by atoms with Gasteiger partial charge in [-0.05, 0) is 24.0 Å². The Balaban J connectivity index is 3.06. The lowest BCUT2D eigenvalue weighted by molar-refractivity contribution is -0.138. The van der Waals surface area contributed by atoms with Crippen LogP contribution in [0.4, 0.5) is 0 Å². The van der Waals surface area contributed by atoms with Crippen LogP contribution < -0.4 is 4.72 Å². The number of hydrogen-bond acceptors (Lipinski definition) is 4. The first kappa shape index (κ1) is 17.4. The Labute approximate surface area is 128 Å². The van der Waals surface area contributed by atoms with Crippen molar-refractivity contribution in [3.05, 3.63) is 16.0 Å². The van der Waals surface area contributed by atoms with Gasteiger partial charge in [0.05, 0.1) is 10.8 Å². The number of sulfonamides is 1. The topological polar surface area (TPSA) is 83.5 Å². The van der Waals surface area contributed by atoms with Crippen LogP contribution >= 0.6 is 22.9 Å². The van der Waals surface area contributed by atoms with Crippen molar-refractivity contribution in [3.8, 4) is 0 Å². The van der Waals surface area contributed by atoms with E-state index in [9.17, 15) is 13.2 Å². The highest BCUT2D eigenvalue weighted by Gasteiger charge is 2.32. The second kappa shape index (κ2) is 6.01. The van der Waals surface area contributed by atoms with Gasteiger partial charge in [-0.1, -0.05) is 32.4 Å². The minimum Gasteiger partial charge on any atom is -0.481 e. The summed E-state index contributed by atoms with van der Waals surface area (Å²) in [6.45, 7) is 7.08. The van der Waals surface area contributed by atoms with E-state index in [1.54, 1.807) is 27.7 Å². The van der Waals surface area contributed by atoms with E-state index in [1.807, 2.05) is 0 Å². The Bertz CT molecular complexity index is 582. The van der Waals surface area contributed by atoms with E-state index in [-0.39, 0.29) is 10.6 Å². The van der Waals surface area contributed by atoms with Gasteiger partial charge < -0.3 is 5.11 Å². The van der Waals surface area contributed by atoms with Gasteiger partial charge in [-0.15, -0.1) is 11.3 Å². The van der Waals surface area contributed by atoms with Crippen LogP contribution in [0.3, 0.4) is 0 Å². The van der Waals surface area contributed by atoms with Gasteiger partial charge in [0.15, 0.2) is 0 Å². The highest BCUT2D eigenvalue weighted by Crippen LogP contribution is 2.31. The number of rotatable bonds is 5. The molecule has 1 rings (SSSR count). The summed E-state index contributed by atoms with van der Waals surface area (Å²) in [7, 11) is -3.77. The molecule has 0 spiro atoms. The molecule has 1 aromatic heterocycles. The number of halogens is 1. The molecule has 0 saturated carbocycles. The van der Waals surface area contributed by atoms with E-state index >= 15 is 0 Å². The lowest BCUT2D eigenvalue weighted by Crippen LogP contribution is -2.44. The number of aliphatic carboxylic acids is 1. The Hall–Kier alpha value is -0.630. The van der Waals surface area contributed by atoms with Gasteiger partial charge in [-0.3, -0.25) is 4.79 Å². The minimum absolute atomic E-state index is 0.0969. The second-order valence-electron chi connectivity index (χ2n) is 5.66. The van der Waals surface area contributed by atoms with E-state index in [2.05, 4.69) is 4.72 Å². The lowest BCUT2D eigenvalue weighted by atomic mass is 9.85. The molecule has 8 heteroatoms. The first-order chi connectivity index (χ1) is 8.93. The molecular formula is C12H18ClNO4S2. The van der Waals surface area contributed by atoms with E-state index in [1.165, 1.54) is 6.07 Å². The molecule has 0 radical (unpaired) electrons. The fourth-order valence-corrected chi connectivity index (χ4v) is 4.67. The van der Waals surface area contributed by atoms with Crippen molar-refractivity contribution in [1.82, 2.24) is 4.72 Å². The number of carbonyl (C=O) groups is 1. The maximum atomic E-state index is 12.3. The van der Waals surface area contributed by atoms with Crippen molar-refractivity contribution in [1.29, 1.82) is 0 Å². The monoisotopic (exact) mass is 339 g/mol. The first-order valence-electron chi connectivity index (χ1n) is 5.93. The number of carboxylic acids is 1. The van der Waals surface area contributed by atoms with E-state index < -0.39 is 27.4 Å². The molecule has 2 N–H and O–H groups in total. The molecule has 0 aromatic carbocycles. The summed E-state index contributed by atoms with van der Waals surface area (Å²) in [5.41, 5.74) is 0.171. The fourth-order valence-electron chi connectivity index (χ4n) is 1.51. The third kappa shape index (κ3) is 4.44. The van der Waals surface area contributed by atoms with Crippen molar-refractivity contribution in [2.24, 2.45) is 5.41 Å². The van der Waals surface area contributed by atoms with Gasteiger partial charge in [-0.25, -0.2) is 13.1 Å². The maximum absolute atomic E-state index is 12.3. The Morgan fingerprint density at radius 1 is 1.50 bits per heavy atom. The Kier molecular flexibility index (Phi) is 5.23. The minimum atomic E-state index is -3.77. The van der Waals surface area contributed by atoms with E-state index in [0.29, 0.717) is 9.90 Å². The molecule has 20 heavy (non-hydrogen) atoms. The predicted octanol–water partition coefficient (Wildman–Crippen LogP) is 2.88. The largest absolute Gasteiger partial charge is 0.481 e. The first-order valence-corrected chi connectivity index (χ1v) is 8.61. The molecule has 0 aliphatic carbocycles. The Morgan fingerprint density at radius 2 is 2.05 bits per heavy atom. The SMILES string of the molecule is Cc1cc(S(=O)(=O)NC(CC(=O)O)C(C)(C)C)sc1Cl. The summed E-state index contributed by atoms with van der Waals surface area (Å²) in [6.07, 6.45) is -0.277. The number of aryl methyl sites for hydroxylation is 1. The molecule has 1 atom stereocenters. The number of nitrogens with one attached hydrogen (secondary N) is 1. The van der Waals surface area contributed by atoms with Crippen LogP contribution in [0.1, 0.15) is 32.8 Å². The molecule has 0 bridgehead atoms. The van der Waals surface area contributed by atoms with Gasteiger partial charge in [0.1, 0.15) is 4.21 Å². The average Bonchev–Trinajstić information content (AvgIpc) is 2.56. The molecule has 114 valence electrons. The van der Waals surface area contributed by atoms with E-state index in [4.69, 9.17) is 16.7 Å². The third-order valence-corrected chi connectivity index (χ3v) is 6.32. The van der Waals surface area contributed by atoms with Crippen LogP contribution in [0.2, 0.25) is 4.34 Å². The zero-order valence-corrected chi connectivity index (χ0v) is 14.1. The van der Waals surface area contributed by atoms with E-state index in [0.717, 1.165) is 11.3 Å². The van der Waals surface area contributed by atoms with Gasteiger partial charge in [0.25, 0.3) is 0 Å². The van der Waals surface area contributed by atoms with Crippen molar-refractivity contribution >= 4 is 38.9 Å². The molecular weight excluding hydrogens is 322 g/mol. The smallest absolute Gasteiger partial charge is 0.304 e. The van der Waals surface area contributed by atoms with Crippen LogP contribution in [0, 0.1) is 12.3 Å². The maximum Gasteiger partial charge on any atom is 0.304 e. The molecule has 0 amide bonds. The van der Waals surface area contributed by atoms with Gasteiger partial charge in [0, 0.05) is 6.04 Å². The van der Waals surface area contributed by atoms with Crippen LogP contribution in [0.25, 0.3) is 0 Å². The normalized spacial score (nSPS) is 14.2. The summed E-state index contributed by atoms with van der Waals surface area (Å²) in [4.78, 5) is 10.9. The van der Waals surface area contributed by atoms with Gasteiger partial charge in [0.2, 0.25) is 10.0 Å². The third-order valence-electron chi connectivity index (χ3n) is 2.82. The van der Waals surface area contributed by atoms with Crippen molar-refractivity contribution in [3.63, 3.8) is 0 Å². The predicted molar refractivity (Wildman–Crippen MR) is 79.9 cm³/mol. The molecule has 0 aliphatic heterocycles. The summed E-state index contributed by atoms with van der Waals surface area (Å²) in [6, 6.07) is 0.779. The molecule has 0 saturated heterocycles. The van der Waals surface area contributed by atoms with Crippen molar-refractivity contribution < 1.29 is 18.3 Å². The van der Waals surface area contributed by atoms with Crippen LogP contribution in [-0.4, -0.2) is 25.5 Å². The number of carboxylic acid groups (broad SMARTS) is 1. The molecule has 5 nitrogen and oxygen atoms in total. The van der Waals surface area contributed by atoms with Gasteiger partial charge >= 0.3 is 5.97 Å². The Morgan fingerprint density at radius 3 is 2.40 bits per heavy atom. The van der Waals surface area contributed by atoms with Crippen molar-refractivity contribution in [2.45, 2.75) is 44.4 Å². The lowest BCUT2D eigenvalue weighted by Gasteiger charge is -2.29. The summed E-state index contributed by atoms with van der Waals surface area (Å²) >= 11 is 6.84. The standard InChI is InChI=1S/C12H18ClNO4S2/c1-7-5-10(19-11(7)13)20(17,18)14-8(6-9(15)16)12(2,3)4/h5,8,14H,6H2,1-4H3,(H,15,16). The molecule has 0 aliphatic rings. The van der Waals surface area contributed by atoms with Crippen LogP contribution in [0.15, 0.2) is 10.3 Å². The highest BCUT2D eigenvalue weighted by atomic mass is 35.5. The van der Waals surface area contributed by atoms with Crippen molar-refractivity contribution in [2.75, 3.05) is 0 Å². The molecule has 1 unspecified atom stereocenters. The highest BCUT2D eigenvalue weighted by molar-refractivity contribution is 7.91.